The third-order valence-electron chi connectivity index (χ3n) is 10.8. The summed E-state index contributed by atoms with van der Waals surface area (Å²) in [4.78, 5) is 15.5. The highest BCUT2D eigenvalue weighted by molar-refractivity contribution is 5.91. The minimum Gasteiger partial charge on any atom is -0.292 e. The third-order valence-corrected chi connectivity index (χ3v) is 10.8. The van der Waals surface area contributed by atoms with Crippen LogP contribution < -0.4 is 0 Å². The lowest BCUT2D eigenvalue weighted by molar-refractivity contribution is 0.662. The van der Waals surface area contributed by atoms with Crippen molar-refractivity contribution in [2.45, 2.75) is 19.3 Å². The van der Waals surface area contributed by atoms with E-state index in [2.05, 4.69) is 188 Å². The van der Waals surface area contributed by atoms with Gasteiger partial charge in [-0.1, -0.05) is 153 Å². The van der Waals surface area contributed by atoms with E-state index in [1.165, 1.54) is 33.4 Å². The summed E-state index contributed by atoms with van der Waals surface area (Å²) in [5, 5.41) is 0. The van der Waals surface area contributed by atoms with Gasteiger partial charge in [-0.05, 0) is 75.8 Å². The zero-order valence-corrected chi connectivity index (χ0v) is 30.1. The highest BCUT2D eigenvalue weighted by atomic mass is 15.1. The number of fused-ring (bicyclic) bond motifs is 4. The summed E-state index contributed by atoms with van der Waals surface area (Å²) in [7, 11) is 0. The molecule has 54 heavy (non-hydrogen) atoms. The monoisotopic (exact) mass is 692 g/mol. The second kappa shape index (κ2) is 12.6. The number of aromatic nitrogens is 4. The van der Waals surface area contributed by atoms with Gasteiger partial charge in [-0.3, -0.25) is 4.57 Å². The molecule has 0 amide bonds. The van der Waals surface area contributed by atoms with Gasteiger partial charge in [0.15, 0.2) is 5.82 Å². The fourth-order valence-electron chi connectivity index (χ4n) is 8.23. The lowest BCUT2D eigenvalue weighted by Crippen LogP contribution is -2.16. The molecule has 0 N–H and O–H groups in total. The number of para-hydroxylation sites is 3. The molecule has 4 heteroatoms. The van der Waals surface area contributed by atoms with Gasteiger partial charge in [-0.2, -0.15) is 0 Å². The molecule has 0 atom stereocenters. The normalized spacial score (nSPS) is 12.8. The number of imidazole rings is 1. The van der Waals surface area contributed by atoms with Crippen molar-refractivity contribution in [2.24, 2.45) is 0 Å². The molecule has 7 aromatic carbocycles. The van der Waals surface area contributed by atoms with Crippen molar-refractivity contribution in [1.82, 2.24) is 19.5 Å². The zero-order valence-electron chi connectivity index (χ0n) is 30.1. The predicted molar refractivity (Wildman–Crippen MR) is 221 cm³/mol. The Morgan fingerprint density at radius 2 is 1.02 bits per heavy atom. The van der Waals surface area contributed by atoms with Gasteiger partial charge in [0.2, 0.25) is 0 Å². The quantitative estimate of drug-likeness (QED) is 0.174. The molecule has 0 aliphatic heterocycles. The van der Waals surface area contributed by atoms with E-state index in [1.807, 2.05) is 12.1 Å². The van der Waals surface area contributed by atoms with E-state index in [0.29, 0.717) is 0 Å². The van der Waals surface area contributed by atoms with Crippen molar-refractivity contribution in [2.75, 3.05) is 0 Å². The van der Waals surface area contributed by atoms with E-state index >= 15 is 0 Å². The number of hydrogen-bond acceptors (Lipinski definition) is 3. The lowest BCUT2D eigenvalue weighted by atomic mass is 9.78. The molecule has 4 nitrogen and oxygen atoms in total. The van der Waals surface area contributed by atoms with Crippen LogP contribution in [0.4, 0.5) is 0 Å². The number of nitrogens with zero attached hydrogens (tertiary/aromatic N) is 4. The molecule has 2 heterocycles. The molecule has 0 fully saturated rings. The Morgan fingerprint density at radius 3 is 1.74 bits per heavy atom. The van der Waals surface area contributed by atoms with Crippen LogP contribution in [-0.2, 0) is 5.41 Å². The zero-order chi connectivity index (χ0) is 36.2. The van der Waals surface area contributed by atoms with Crippen LogP contribution in [0.1, 0.15) is 25.0 Å². The van der Waals surface area contributed by atoms with Crippen LogP contribution in [0.5, 0.6) is 0 Å². The Hall–Kier alpha value is -6.91. The molecule has 256 valence electrons. The maximum atomic E-state index is 5.17. The highest BCUT2D eigenvalue weighted by Gasteiger charge is 2.38. The summed E-state index contributed by atoms with van der Waals surface area (Å²) in [6.45, 7) is 4.69. The summed E-state index contributed by atoms with van der Waals surface area (Å²) in [6, 6.07) is 64.1. The van der Waals surface area contributed by atoms with Crippen LogP contribution in [-0.4, -0.2) is 19.5 Å². The average molecular weight is 693 g/mol. The first-order valence-corrected chi connectivity index (χ1v) is 18.5. The molecule has 0 spiro atoms. The van der Waals surface area contributed by atoms with Crippen molar-refractivity contribution in [3.8, 4) is 73.2 Å². The first-order valence-electron chi connectivity index (χ1n) is 18.5. The summed E-state index contributed by atoms with van der Waals surface area (Å²) in [5.74, 6) is 1.65. The van der Waals surface area contributed by atoms with E-state index < -0.39 is 0 Å². The van der Waals surface area contributed by atoms with Gasteiger partial charge < -0.3 is 0 Å². The van der Waals surface area contributed by atoms with Crippen molar-refractivity contribution in [3.63, 3.8) is 0 Å². The van der Waals surface area contributed by atoms with Crippen LogP contribution in [0, 0.1) is 0 Å². The van der Waals surface area contributed by atoms with Crippen molar-refractivity contribution < 1.29 is 0 Å². The second-order valence-electron chi connectivity index (χ2n) is 14.5. The Balaban J connectivity index is 1.08. The smallest absolute Gasteiger partial charge is 0.160 e. The first-order chi connectivity index (χ1) is 26.5. The van der Waals surface area contributed by atoms with Gasteiger partial charge >= 0.3 is 0 Å². The largest absolute Gasteiger partial charge is 0.292 e. The molecular weight excluding hydrogens is 657 g/mol. The lowest BCUT2D eigenvalue weighted by Gasteiger charge is -2.25. The number of benzene rings is 7. The van der Waals surface area contributed by atoms with Gasteiger partial charge in [0.25, 0.3) is 0 Å². The molecule has 0 unspecified atom stereocenters. The van der Waals surface area contributed by atoms with Crippen LogP contribution in [0.3, 0.4) is 0 Å². The second-order valence-corrected chi connectivity index (χ2v) is 14.5. The molecule has 2 aromatic heterocycles. The van der Waals surface area contributed by atoms with Gasteiger partial charge in [0.1, 0.15) is 5.82 Å². The van der Waals surface area contributed by atoms with Crippen molar-refractivity contribution in [3.05, 3.63) is 193 Å². The fraction of sp³-hybridized carbons (Fsp3) is 0.0600. The maximum absolute atomic E-state index is 5.17. The SMILES string of the molecule is CC1(C)c2cc(-c3nc(-c4ccccc4)cc(-c4ccccc4)n3)ccc2-c2cccc(-c3cccc(-c4nc5ccccc5n4-c4ccccc4)c3)c21. The maximum Gasteiger partial charge on any atom is 0.160 e. The molecule has 0 radical (unpaired) electrons. The molecule has 0 saturated carbocycles. The molecule has 9 aromatic rings. The van der Waals surface area contributed by atoms with E-state index in [9.17, 15) is 0 Å². The van der Waals surface area contributed by atoms with Crippen LogP contribution in [0.15, 0.2) is 182 Å². The third kappa shape index (κ3) is 5.26. The molecule has 0 saturated heterocycles. The molecule has 1 aliphatic rings. The number of rotatable bonds is 6. The molecule has 1 aliphatic carbocycles. The minimum atomic E-state index is -0.274. The Kier molecular flexibility index (Phi) is 7.44. The van der Waals surface area contributed by atoms with Crippen molar-refractivity contribution >= 4 is 11.0 Å². The molecular formula is C50H36N4. The number of hydrogen-bond donors (Lipinski definition) is 0. The topological polar surface area (TPSA) is 43.6 Å². The van der Waals surface area contributed by atoms with E-state index in [4.69, 9.17) is 15.0 Å². The van der Waals surface area contributed by atoms with Crippen LogP contribution in [0.25, 0.3) is 84.3 Å². The van der Waals surface area contributed by atoms with Gasteiger partial charge in [-0.15, -0.1) is 0 Å². The fourth-order valence-corrected chi connectivity index (χ4v) is 8.23. The van der Waals surface area contributed by atoms with E-state index in [-0.39, 0.29) is 5.41 Å². The van der Waals surface area contributed by atoms with Crippen LogP contribution >= 0.6 is 0 Å². The predicted octanol–water partition coefficient (Wildman–Crippen LogP) is 12.5. The summed E-state index contributed by atoms with van der Waals surface area (Å²) < 4.78 is 2.27. The van der Waals surface area contributed by atoms with Crippen LogP contribution in [0.2, 0.25) is 0 Å². The summed E-state index contributed by atoms with van der Waals surface area (Å²) in [6.07, 6.45) is 0. The summed E-state index contributed by atoms with van der Waals surface area (Å²) in [5.41, 5.74) is 16.4. The van der Waals surface area contributed by atoms with E-state index in [0.717, 1.165) is 62.0 Å². The standard InChI is InChI=1S/C50H36N4/c1-50(2)42-31-36(48-51-44(33-16-6-3-7-17-33)32-45(52-48)34-18-8-4-9-19-34)28-29-40(42)41-25-15-24-39(47(41)50)35-20-14-21-37(30-35)49-53-43-26-12-13-27-46(43)54(49)38-22-10-5-11-23-38/h3-32H,1-2H3. The van der Waals surface area contributed by atoms with Gasteiger partial charge in [-0.25, -0.2) is 15.0 Å². The van der Waals surface area contributed by atoms with Crippen molar-refractivity contribution in [1.29, 1.82) is 0 Å². The Labute approximate surface area is 315 Å². The first kappa shape index (κ1) is 31.8. The Morgan fingerprint density at radius 1 is 0.426 bits per heavy atom. The summed E-state index contributed by atoms with van der Waals surface area (Å²) >= 11 is 0. The molecule has 10 rings (SSSR count). The Bertz CT molecular complexity index is 2780. The average Bonchev–Trinajstić information content (AvgIpc) is 3.74. The van der Waals surface area contributed by atoms with Gasteiger partial charge in [0, 0.05) is 33.4 Å². The minimum absolute atomic E-state index is 0.274. The van der Waals surface area contributed by atoms with Gasteiger partial charge in [0.05, 0.1) is 22.4 Å². The molecule has 0 bridgehead atoms. The van der Waals surface area contributed by atoms with E-state index in [1.54, 1.807) is 0 Å². The highest BCUT2D eigenvalue weighted by Crippen LogP contribution is 2.53.